The molecule has 1 aliphatic heterocycles. The molecule has 3 aromatic rings. The van der Waals surface area contributed by atoms with E-state index in [0.717, 1.165) is 37.4 Å². The Kier molecular flexibility index (Phi) is 6.90. The van der Waals surface area contributed by atoms with Crippen molar-refractivity contribution in [2.75, 3.05) is 31.1 Å². The normalized spacial score (nSPS) is 15.2. The first-order valence-electron chi connectivity index (χ1n) is 10.6. The van der Waals surface area contributed by atoms with Crippen LogP contribution in [0.4, 0.5) is 11.4 Å². The van der Waals surface area contributed by atoms with Crippen LogP contribution in [0, 0.1) is 17.0 Å². The van der Waals surface area contributed by atoms with Gasteiger partial charge in [0.2, 0.25) is 11.1 Å². The number of hydrogen-bond donors (Lipinski definition) is 1. The van der Waals surface area contributed by atoms with Crippen molar-refractivity contribution in [2.45, 2.75) is 18.4 Å². The van der Waals surface area contributed by atoms with E-state index in [9.17, 15) is 19.4 Å². The molecule has 172 valence electrons. The van der Waals surface area contributed by atoms with Crippen molar-refractivity contribution in [3.05, 3.63) is 88.0 Å². The number of nitro benzene ring substituents is 1. The zero-order valence-electron chi connectivity index (χ0n) is 18.2. The molecule has 1 fully saturated rings. The molecule has 8 nitrogen and oxygen atoms in total. The van der Waals surface area contributed by atoms with E-state index >= 15 is 0 Å². The molecule has 0 spiro atoms. The Bertz CT molecular complexity index is 1140. The number of piperazine rings is 1. The first-order chi connectivity index (χ1) is 15.9. The Morgan fingerprint density at radius 3 is 2.30 bits per heavy atom. The minimum absolute atomic E-state index is 0.0221. The quantitative estimate of drug-likeness (QED) is 0.414. The summed E-state index contributed by atoms with van der Waals surface area (Å²) in [7, 11) is 0. The van der Waals surface area contributed by atoms with Gasteiger partial charge in [0.25, 0.3) is 5.69 Å². The number of benzene rings is 3. The number of nitrogens with zero attached hydrogens (tertiary/aromatic N) is 3. The van der Waals surface area contributed by atoms with Gasteiger partial charge in [-0.25, -0.2) is 4.21 Å². The van der Waals surface area contributed by atoms with E-state index in [1.807, 2.05) is 43.3 Å². The van der Waals surface area contributed by atoms with Gasteiger partial charge in [0.05, 0.1) is 9.82 Å². The number of anilines is 1. The Morgan fingerprint density at radius 2 is 1.67 bits per heavy atom. The second kappa shape index (κ2) is 10.0. The van der Waals surface area contributed by atoms with Crippen LogP contribution in [-0.4, -0.2) is 45.3 Å². The summed E-state index contributed by atoms with van der Waals surface area (Å²) in [6.07, 6.45) is 0. The van der Waals surface area contributed by atoms with Crippen LogP contribution in [0.2, 0.25) is 0 Å². The SMILES string of the molecule is Cc1ccc(S(=O)Oc2ccc(N3CCN(Cc4cc(O)ccc4[N+](=O)[O-])CC3)cc2)cc1. The molecule has 1 aliphatic rings. The first kappa shape index (κ1) is 22.8. The Hall–Kier alpha value is -3.43. The molecule has 0 aliphatic carbocycles. The summed E-state index contributed by atoms with van der Waals surface area (Å²) in [5, 5.41) is 21.0. The summed E-state index contributed by atoms with van der Waals surface area (Å²) in [5.74, 6) is 0.562. The maximum atomic E-state index is 12.4. The summed E-state index contributed by atoms with van der Waals surface area (Å²) in [6, 6.07) is 19.0. The molecule has 3 aromatic carbocycles. The van der Waals surface area contributed by atoms with Crippen molar-refractivity contribution in [3.8, 4) is 11.5 Å². The lowest BCUT2D eigenvalue weighted by atomic mass is 10.1. The van der Waals surface area contributed by atoms with E-state index < -0.39 is 16.0 Å². The van der Waals surface area contributed by atoms with Crippen LogP contribution >= 0.6 is 0 Å². The van der Waals surface area contributed by atoms with E-state index in [2.05, 4.69) is 9.80 Å². The summed E-state index contributed by atoms with van der Waals surface area (Å²) in [6.45, 7) is 5.40. The van der Waals surface area contributed by atoms with Gasteiger partial charge in [-0.1, -0.05) is 17.7 Å². The minimum atomic E-state index is -1.57. The lowest BCUT2D eigenvalue weighted by Gasteiger charge is -2.36. The standard InChI is InChI=1S/C24H25N3O5S/c1-18-2-9-23(10-3-18)33(31)32-22-7-4-20(5-8-22)26-14-12-25(13-15-26)17-19-16-21(28)6-11-24(19)27(29)30/h2-11,16,28H,12-15,17H2,1H3. The molecule has 0 amide bonds. The number of phenols is 1. The van der Waals surface area contributed by atoms with Crippen LogP contribution in [0.25, 0.3) is 0 Å². The van der Waals surface area contributed by atoms with Crippen LogP contribution in [0.5, 0.6) is 11.5 Å². The Morgan fingerprint density at radius 1 is 1.00 bits per heavy atom. The molecule has 0 saturated carbocycles. The fourth-order valence-corrected chi connectivity index (χ4v) is 4.52. The zero-order chi connectivity index (χ0) is 23.4. The molecule has 0 bridgehead atoms. The topological polar surface area (TPSA) is 96.2 Å². The number of rotatable bonds is 7. The fraction of sp³-hybridized carbons (Fsp3) is 0.250. The molecule has 0 radical (unpaired) electrons. The van der Waals surface area contributed by atoms with Gasteiger partial charge in [0.1, 0.15) is 11.5 Å². The van der Waals surface area contributed by atoms with Crippen LogP contribution in [0.1, 0.15) is 11.1 Å². The van der Waals surface area contributed by atoms with E-state index in [4.69, 9.17) is 4.18 Å². The number of hydrogen-bond acceptors (Lipinski definition) is 7. The van der Waals surface area contributed by atoms with Crippen LogP contribution < -0.4 is 9.08 Å². The van der Waals surface area contributed by atoms with Crippen molar-refractivity contribution in [2.24, 2.45) is 0 Å². The summed E-state index contributed by atoms with van der Waals surface area (Å²) < 4.78 is 18.0. The van der Waals surface area contributed by atoms with Gasteiger partial charge in [-0.05, 0) is 55.5 Å². The predicted molar refractivity (Wildman–Crippen MR) is 127 cm³/mol. The third kappa shape index (κ3) is 5.68. The molecule has 33 heavy (non-hydrogen) atoms. The largest absolute Gasteiger partial charge is 0.508 e. The molecule has 1 heterocycles. The zero-order valence-corrected chi connectivity index (χ0v) is 19.0. The highest BCUT2D eigenvalue weighted by molar-refractivity contribution is 7.80. The second-order valence-electron chi connectivity index (χ2n) is 7.96. The summed E-state index contributed by atoms with van der Waals surface area (Å²) in [5.41, 5.74) is 2.66. The van der Waals surface area contributed by atoms with Crippen LogP contribution in [0.15, 0.2) is 71.6 Å². The highest BCUT2D eigenvalue weighted by Crippen LogP contribution is 2.26. The van der Waals surface area contributed by atoms with Gasteiger partial charge in [-0.2, -0.15) is 0 Å². The molecule has 1 unspecified atom stereocenters. The molecule has 9 heteroatoms. The first-order valence-corrected chi connectivity index (χ1v) is 11.7. The Balaban J connectivity index is 1.33. The fourth-order valence-electron chi connectivity index (χ4n) is 3.78. The monoisotopic (exact) mass is 467 g/mol. The van der Waals surface area contributed by atoms with E-state index in [1.165, 1.54) is 18.2 Å². The maximum Gasteiger partial charge on any atom is 0.274 e. The van der Waals surface area contributed by atoms with Gasteiger partial charge < -0.3 is 14.2 Å². The lowest BCUT2D eigenvalue weighted by Crippen LogP contribution is -2.46. The van der Waals surface area contributed by atoms with Crippen molar-refractivity contribution in [1.82, 2.24) is 4.90 Å². The van der Waals surface area contributed by atoms with Gasteiger partial charge in [0, 0.05) is 50.0 Å². The summed E-state index contributed by atoms with van der Waals surface area (Å²) >= 11 is -1.57. The molecule has 1 N–H and O–H groups in total. The van der Waals surface area contributed by atoms with E-state index in [-0.39, 0.29) is 11.4 Å². The number of aromatic hydroxyl groups is 1. The van der Waals surface area contributed by atoms with Crippen LogP contribution in [-0.2, 0) is 17.6 Å². The van der Waals surface area contributed by atoms with Gasteiger partial charge >= 0.3 is 0 Å². The van der Waals surface area contributed by atoms with Crippen molar-refractivity contribution >= 4 is 22.5 Å². The van der Waals surface area contributed by atoms with E-state index in [0.29, 0.717) is 22.8 Å². The molecular weight excluding hydrogens is 442 g/mol. The lowest BCUT2D eigenvalue weighted by molar-refractivity contribution is -0.385. The van der Waals surface area contributed by atoms with Crippen molar-refractivity contribution < 1.29 is 18.4 Å². The molecule has 1 atom stereocenters. The second-order valence-corrected chi connectivity index (χ2v) is 9.07. The van der Waals surface area contributed by atoms with Crippen molar-refractivity contribution in [3.63, 3.8) is 0 Å². The maximum absolute atomic E-state index is 12.4. The third-order valence-electron chi connectivity index (χ3n) is 5.61. The van der Waals surface area contributed by atoms with Gasteiger partial charge in [-0.3, -0.25) is 15.0 Å². The van der Waals surface area contributed by atoms with Crippen LogP contribution in [0.3, 0.4) is 0 Å². The van der Waals surface area contributed by atoms with E-state index in [1.54, 1.807) is 12.1 Å². The Labute approximate surface area is 194 Å². The molecule has 0 aromatic heterocycles. The average Bonchev–Trinajstić information content (AvgIpc) is 2.80. The third-order valence-corrected chi connectivity index (χ3v) is 6.61. The smallest absolute Gasteiger partial charge is 0.274 e. The highest BCUT2D eigenvalue weighted by Gasteiger charge is 2.21. The number of nitro groups is 1. The number of phenolic OH excluding ortho intramolecular Hbond substituents is 1. The highest BCUT2D eigenvalue weighted by atomic mass is 32.2. The van der Waals surface area contributed by atoms with Crippen molar-refractivity contribution in [1.29, 1.82) is 0 Å². The number of aryl methyl sites for hydroxylation is 1. The van der Waals surface area contributed by atoms with Gasteiger partial charge in [-0.15, -0.1) is 0 Å². The molecule has 4 rings (SSSR count). The van der Waals surface area contributed by atoms with Gasteiger partial charge in [0.15, 0.2) is 0 Å². The minimum Gasteiger partial charge on any atom is -0.508 e. The predicted octanol–water partition coefficient (Wildman–Crippen LogP) is 4.03. The summed E-state index contributed by atoms with van der Waals surface area (Å²) in [4.78, 5) is 15.8. The average molecular weight is 468 g/mol. The molecular formula is C24H25N3O5S. The molecule has 1 saturated heterocycles.